The highest BCUT2D eigenvalue weighted by molar-refractivity contribution is 6.31. The molecule has 1 aliphatic carbocycles. The normalized spacial score (nSPS) is 26.7. The summed E-state index contributed by atoms with van der Waals surface area (Å²) >= 11 is 6.15. The van der Waals surface area contributed by atoms with E-state index < -0.39 is 0 Å². The van der Waals surface area contributed by atoms with Crippen LogP contribution in [-0.2, 0) is 6.54 Å². The lowest BCUT2D eigenvalue weighted by Gasteiger charge is -2.41. The summed E-state index contributed by atoms with van der Waals surface area (Å²) in [6.45, 7) is 4.46. The Hall–Kier alpha value is -0.610. The van der Waals surface area contributed by atoms with Crippen LogP contribution in [0.3, 0.4) is 0 Å². The van der Waals surface area contributed by atoms with Gasteiger partial charge in [-0.1, -0.05) is 49.1 Å². The summed E-state index contributed by atoms with van der Waals surface area (Å²) in [5, 5.41) is 14.4. The van der Waals surface area contributed by atoms with Crippen molar-refractivity contribution in [2.24, 2.45) is 11.8 Å². The van der Waals surface area contributed by atoms with E-state index in [4.69, 9.17) is 11.6 Å². The Kier molecular flexibility index (Phi) is 6.35. The zero-order valence-electron chi connectivity index (χ0n) is 13.9. The number of benzene rings is 1. The van der Waals surface area contributed by atoms with Crippen LogP contribution in [0.5, 0.6) is 0 Å². The second-order valence-corrected chi connectivity index (χ2v) is 7.64. The van der Waals surface area contributed by atoms with E-state index in [0.717, 1.165) is 35.5 Å². The predicted molar refractivity (Wildman–Crippen MR) is 95.7 cm³/mol. The molecule has 0 amide bonds. The van der Waals surface area contributed by atoms with Gasteiger partial charge in [-0.25, -0.2) is 0 Å². The number of hydrogen-bond acceptors (Lipinski definition) is 3. The minimum atomic E-state index is -0.308. The third kappa shape index (κ3) is 4.93. The van der Waals surface area contributed by atoms with E-state index in [-0.39, 0.29) is 6.10 Å². The molecule has 0 unspecified atom stereocenters. The van der Waals surface area contributed by atoms with Crippen molar-refractivity contribution in [3.8, 4) is 0 Å². The number of hydrogen-bond donors (Lipinski definition) is 2. The average Bonchev–Trinajstić information content (AvgIpc) is 2.56. The molecule has 1 saturated carbocycles. The van der Waals surface area contributed by atoms with Crippen LogP contribution in [0.1, 0.15) is 37.7 Å². The first-order valence-corrected chi connectivity index (χ1v) is 9.44. The van der Waals surface area contributed by atoms with Gasteiger partial charge in [-0.05, 0) is 42.9 Å². The SMILES string of the molecule is O[C@H](CNCc1ccccc1Cl)CN1CC[C@@H]2CCCC[C@@H]2C1. The van der Waals surface area contributed by atoms with Crippen molar-refractivity contribution < 1.29 is 5.11 Å². The molecule has 2 N–H and O–H groups in total. The van der Waals surface area contributed by atoms with Gasteiger partial charge in [0.25, 0.3) is 0 Å². The lowest BCUT2D eigenvalue weighted by molar-refractivity contribution is 0.0463. The fourth-order valence-electron chi connectivity index (χ4n) is 4.22. The van der Waals surface area contributed by atoms with E-state index in [9.17, 15) is 5.11 Å². The molecule has 0 radical (unpaired) electrons. The molecule has 3 rings (SSSR count). The molecule has 2 aliphatic rings. The highest BCUT2D eigenvalue weighted by Crippen LogP contribution is 2.35. The third-order valence-corrected chi connectivity index (χ3v) is 5.87. The average molecular weight is 337 g/mol. The number of nitrogens with zero attached hydrogens (tertiary/aromatic N) is 1. The summed E-state index contributed by atoms with van der Waals surface area (Å²) in [5.41, 5.74) is 1.09. The molecule has 1 aromatic carbocycles. The number of nitrogens with one attached hydrogen (secondary N) is 1. The Labute approximate surface area is 145 Å². The summed E-state index contributed by atoms with van der Waals surface area (Å²) in [6, 6.07) is 7.86. The van der Waals surface area contributed by atoms with E-state index in [1.54, 1.807) is 0 Å². The number of aliphatic hydroxyl groups is 1. The van der Waals surface area contributed by atoms with Crippen LogP contribution in [0.2, 0.25) is 5.02 Å². The molecule has 0 aromatic heterocycles. The van der Waals surface area contributed by atoms with E-state index in [1.807, 2.05) is 24.3 Å². The van der Waals surface area contributed by atoms with Crippen molar-refractivity contribution in [3.05, 3.63) is 34.9 Å². The number of aliphatic hydroxyl groups excluding tert-OH is 1. The van der Waals surface area contributed by atoms with Crippen LogP contribution in [0.15, 0.2) is 24.3 Å². The second kappa shape index (κ2) is 8.48. The Morgan fingerprint density at radius 2 is 1.96 bits per heavy atom. The van der Waals surface area contributed by atoms with Gasteiger partial charge in [-0.3, -0.25) is 0 Å². The van der Waals surface area contributed by atoms with Crippen molar-refractivity contribution in [2.45, 2.75) is 44.8 Å². The maximum Gasteiger partial charge on any atom is 0.0791 e. The van der Waals surface area contributed by atoms with Crippen LogP contribution in [-0.4, -0.2) is 42.3 Å². The molecule has 2 fully saturated rings. The zero-order chi connectivity index (χ0) is 16.1. The van der Waals surface area contributed by atoms with Gasteiger partial charge in [0.15, 0.2) is 0 Å². The topological polar surface area (TPSA) is 35.5 Å². The Bertz CT molecular complexity index is 496. The third-order valence-electron chi connectivity index (χ3n) is 5.50. The molecule has 3 nitrogen and oxygen atoms in total. The number of fused-ring (bicyclic) bond motifs is 1. The van der Waals surface area contributed by atoms with Crippen molar-refractivity contribution in [1.29, 1.82) is 0 Å². The van der Waals surface area contributed by atoms with E-state index >= 15 is 0 Å². The molecule has 1 heterocycles. The first-order valence-electron chi connectivity index (χ1n) is 9.07. The number of halogens is 1. The molecular weight excluding hydrogens is 308 g/mol. The van der Waals surface area contributed by atoms with Gasteiger partial charge in [0, 0.05) is 31.2 Å². The predicted octanol–water partition coefficient (Wildman–Crippen LogP) is 3.30. The Balaban J connectivity index is 1.38. The van der Waals surface area contributed by atoms with Gasteiger partial charge >= 0.3 is 0 Å². The standard InChI is InChI=1S/C19H29ClN2O/c20-19-8-4-3-6-16(19)11-21-12-18(23)14-22-10-9-15-5-1-2-7-17(15)13-22/h3-4,6,8,15,17-18,21,23H,1-2,5,7,9-14H2/t15-,17+,18+/m0/s1. The van der Waals surface area contributed by atoms with Crippen LogP contribution in [0.4, 0.5) is 0 Å². The van der Waals surface area contributed by atoms with E-state index in [2.05, 4.69) is 10.2 Å². The maximum atomic E-state index is 10.3. The van der Waals surface area contributed by atoms with Gasteiger partial charge in [-0.15, -0.1) is 0 Å². The van der Waals surface area contributed by atoms with Gasteiger partial charge in [0.1, 0.15) is 0 Å². The molecular formula is C19H29ClN2O. The Morgan fingerprint density at radius 1 is 1.17 bits per heavy atom. The monoisotopic (exact) mass is 336 g/mol. The molecule has 1 saturated heterocycles. The number of likely N-dealkylation sites (tertiary alicyclic amines) is 1. The van der Waals surface area contributed by atoms with Gasteiger partial charge in [0.05, 0.1) is 6.10 Å². The largest absolute Gasteiger partial charge is 0.390 e. The minimum absolute atomic E-state index is 0.308. The fourth-order valence-corrected chi connectivity index (χ4v) is 4.42. The Morgan fingerprint density at radius 3 is 2.78 bits per heavy atom. The second-order valence-electron chi connectivity index (χ2n) is 7.23. The number of β-amino-alcohol motifs (C(OH)–C–C–N with tert-alkyl or cyclic N) is 1. The molecule has 3 atom stereocenters. The summed E-state index contributed by atoms with van der Waals surface area (Å²) in [4.78, 5) is 2.47. The zero-order valence-corrected chi connectivity index (χ0v) is 14.6. The van der Waals surface area contributed by atoms with Crippen LogP contribution in [0.25, 0.3) is 0 Å². The quantitative estimate of drug-likeness (QED) is 0.836. The van der Waals surface area contributed by atoms with Gasteiger partial charge in [-0.2, -0.15) is 0 Å². The van der Waals surface area contributed by atoms with Crippen LogP contribution in [0, 0.1) is 11.8 Å². The molecule has 23 heavy (non-hydrogen) atoms. The first-order chi connectivity index (χ1) is 11.2. The van der Waals surface area contributed by atoms with Crippen LogP contribution < -0.4 is 5.32 Å². The van der Waals surface area contributed by atoms with E-state index in [0.29, 0.717) is 13.1 Å². The molecule has 128 valence electrons. The van der Waals surface area contributed by atoms with Gasteiger partial charge < -0.3 is 15.3 Å². The number of rotatable bonds is 6. The van der Waals surface area contributed by atoms with Gasteiger partial charge in [0.2, 0.25) is 0 Å². The summed E-state index contributed by atoms with van der Waals surface area (Å²) in [5.74, 6) is 1.83. The lowest BCUT2D eigenvalue weighted by atomic mass is 9.75. The molecule has 1 aromatic rings. The highest BCUT2D eigenvalue weighted by atomic mass is 35.5. The first kappa shape index (κ1) is 17.2. The lowest BCUT2D eigenvalue weighted by Crippen LogP contribution is -2.46. The van der Waals surface area contributed by atoms with Crippen molar-refractivity contribution in [3.63, 3.8) is 0 Å². The molecule has 4 heteroatoms. The fraction of sp³-hybridized carbons (Fsp3) is 0.684. The molecule has 1 aliphatic heterocycles. The highest BCUT2D eigenvalue weighted by Gasteiger charge is 2.31. The van der Waals surface area contributed by atoms with Crippen molar-refractivity contribution >= 4 is 11.6 Å². The van der Waals surface area contributed by atoms with E-state index in [1.165, 1.54) is 38.6 Å². The molecule has 0 bridgehead atoms. The summed E-state index contributed by atoms with van der Waals surface area (Å²) in [6.07, 6.45) is 6.66. The van der Waals surface area contributed by atoms with Crippen molar-refractivity contribution in [1.82, 2.24) is 10.2 Å². The van der Waals surface area contributed by atoms with Crippen LogP contribution >= 0.6 is 11.6 Å². The molecule has 0 spiro atoms. The van der Waals surface area contributed by atoms with Crippen molar-refractivity contribution in [2.75, 3.05) is 26.2 Å². The smallest absolute Gasteiger partial charge is 0.0791 e. The summed E-state index contributed by atoms with van der Waals surface area (Å²) in [7, 11) is 0. The summed E-state index contributed by atoms with van der Waals surface area (Å²) < 4.78 is 0. The number of piperidine rings is 1. The minimum Gasteiger partial charge on any atom is -0.390 e. The maximum absolute atomic E-state index is 10.3.